The minimum absolute atomic E-state index is 0.0503. The topological polar surface area (TPSA) is 84.0 Å². The molecule has 1 amide bonds. The van der Waals surface area contributed by atoms with Gasteiger partial charge in [0, 0.05) is 31.7 Å². The van der Waals surface area contributed by atoms with E-state index in [9.17, 15) is 18.0 Å². The lowest BCUT2D eigenvalue weighted by atomic mass is 10.2. The third kappa shape index (κ3) is 4.04. The summed E-state index contributed by atoms with van der Waals surface area (Å²) >= 11 is 6.12. The summed E-state index contributed by atoms with van der Waals surface area (Å²) in [6.45, 7) is 0.890. The molecule has 2 aromatic carbocycles. The molecule has 0 aromatic heterocycles. The van der Waals surface area contributed by atoms with Crippen LogP contribution in [-0.2, 0) is 14.8 Å². The smallest absolute Gasteiger partial charge is 0.337 e. The standard InChI is InChI=1S/C19H19ClN2O5S/c1-27-19(24)15-7-8-17(16(20)13-15)28(25,26)22-11-9-21(10-12-22)18(23)14-5-3-2-4-6-14/h2-8,13H,9-12H2,1H3. The number of carbonyl (C=O) groups excluding carboxylic acids is 2. The fraction of sp³-hybridized carbons (Fsp3) is 0.263. The van der Waals surface area contributed by atoms with Gasteiger partial charge in [0.05, 0.1) is 17.7 Å². The van der Waals surface area contributed by atoms with Crippen LogP contribution in [0.2, 0.25) is 5.02 Å². The first-order valence-electron chi connectivity index (χ1n) is 8.57. The fourth-order valence-electron chi connectivity index (χ4n) is 2.99. The molecule has 1 aliphatic rings. The van der Waals surface area contributed by atoms with Crippen molar-refractivity contribution >= 4 is 33.5 Å². The molecule has 0 aliphatic carbocycles. The van der Waals surface area contributed by atoms with Crippen LogP contribution in [0.15, 0.2) is 53.4 Å². The highest BCUT2D eigenvalue weighted by atomic mass is 35.5. The van der Waals surface area contributed by atoms with Crippen molar-refractivity contribution in [3.63, 3.8) is 0 Å². The summed E-state index contributed by atoms with van der Waals surface area (Å²) in [7, 11) is -2.61. The molecular formula is C19H19ClN2O5S. The number of ether oxygens (including phenoxy) is 1. The summed E-state index contributed by atoms with van der Waals surface area (Å²) in [4.78, 5) is 25.6. The van der Waals surface area contributed by atoms with Crippen molar-refractivity contribution in [1.29, 1.82) is 0 Å². The predicted octanol–water partition coefficient (Wildman–Crippen LogP) is 2.27. The molecule has 9 heteroatoms. The van der Waals surface area contributed by atoms with Gasteiger partial charge in [0.2, 0.25) is 10.0 Å². The lowest BCUT2D eigenvalue weighted by Crippen LogP contribution is -2.50. The third-order valence-electron chi connectivity index (χ3n) is 4.52. The van der Waals surface area contributed by atoms with Crippen molar-refractivity contribution in [3.05, 3.63) is 64.7 Å². The second kappa shape index (κ2) is 8.30. The van der Waals surface area contributed by atoms with Gasteiger partial charge in [-0.1, -0.05) is 29.8 Å². The lowest BCUT2D eigenvalue weighted by molar-refractivity contribution is 0.0600. The van der Waals surface area contributed by atoms with E-state index in [0.29, 0.717) is 5.56 Å². The molecule has 0 unspecified atom stereocenters. The summed E-state index contributed by atoms with van der Waals surface area (Å²) < 4.78 is 31.8. The highest BCUT2D eigenvalue weighted by Crippen LogP contribution is 2.27. The number of hydrogen-bond acceptors (Lipinski definition) is 5. The molecule has 0 atom stereocenters. The van der Waals surface area contributed by atoms with Crippen LogP contribution in [0.5, 0.6) is 0 Å². The molecule has 0 radical (unpaired) electrons. The molecule has 2 aromatic rings. The Morgan fingerprint density at radius 2 is 1.61 bits per heavy atom. The third-order valence-corrected chi connectivity index (χ3v) is 6.90. The van der Waals surface area contributed by atoms with E-state index in [1.807, 2.05) is 6.07 Å². The van der Waals surface area contributed by atoms with E-state index in [1.165, 1.54) is 29.6 Å². The molecule has 1 fully saturated rings. The zero-order valence-electron chi connectivity index (χ0n) is 15.2. The van der Waals surface area contributed by atoms with E-state index in [4.69, 9.17) is 11.6 Å². The van der Waals surface area contributed by atoms with Crippen LogP contribution in [0.25, 0.3) is 0 Å². The molecule has 28 heavy (non-hydrogen) atoms. The van der Waals surface area contributed by atoms with E-state index >= 15 is 0 Å². The Labute approximate surface area is 168 Å². The van der Waals surface area contributed by atoms with Crippen LogP contribution in [0.1, 0.15) is 20.7 Å². The Bertz CT molecular complexity index is 987. The fourth-order valence-corrected chi connectivity index (χ4v) is 4.93. The van der Waals surface area contributed by atoms with E-state index in [1.54, 1.807) is 29.2 Å². The summed E-state index contributed by atoms with van der Waals surface area (Å²) in [6, 6.07) is 12.8. The van der Waals surface area contributed by atoms with Crippen molar-refractivity contribution in [2.45, 2.75) is 4.90 Å². The Morgan fingerprint density at radius 3 is 2.18 bits per heavy atom. The highest BCUT2D eigenvalue weighted by molar-refractivity contribution is 7.89. The number of piperazine rings is 1. The number of benzene rings is 2. The van der Waals surface area contributed by atoms with Crippen LogP contribution in [-0.4, -0.2) is 62.8 Å². The second-order valence-electron chi connectivity index (χ2n) is 6.20. The molecule has 0 N–H and O–H groups in total. The number of carbonyl (C=O) groups is 2. The number of hydrogen-bond donors (Lipinski definition) is 0. The molecule has 1 saturated heterocycles. The van der Waals surface area contributed by atoms with E-state index in [0.717, 1.165) is 0 Å². The first-order chi connectivity index (χ1) is 13.3. The Balaban J connectivity index is 1.73. The van der Waals surface area contributed by atoms with Gasteiger partial charge in [0.1, 0.15) is 4.90 Å². The largest absolute Gasteiger partial charge is 0.465 e. The van der Waals surface area contributed by atoms with Crippen molar-refractivity contribution in [2.24, 2.45) is 0 Å². The normalized spacial score (nSPS) is 15.3. The van der Waals surface area contributed by atoms with Gasteiger partial charge in [0.15, 0.2) is 0 Å². The predicted molar refractivity (Wildman–Crippen MR) is 104 cm³/mol. The summed E-state index contributed by atoms with van der Waals surface area (Å²) in [5.41, 5.74) is 0.741. The van der Waals surface area contributed by atoms with Crippen LogP contribution >= 0.6 is 11.6 Å². The van der Waals surface area contributed by atoms with Crippen molar-refractivity contribution in [2.75, 3.05) is 33.3 Å². The maximum absolute atomic E-state index is 12.9. The van der Waals surface area contributed by atoms with E-state index < -0.39 is 16.0 Å². The quantitative estimate of drug-likeness (QED) is 0.706. The average molecular weight is 423 g/mol. The first kappa shape index (κ1) is 20.3. The first-order valence-corrected chi connectivity index (χ1v) is 10.4. The molecule has 0 spiro atoms. The van der Waals surface area contributed by atoms with Gasteiger partial charge in [-0.05, 0) is 30.3 Å². The molecule has 1 aliphatic heterocycles. The number of nitrogens with zero attached hydrogens (tertiary/aromatic N) is 2. The number of amides is 1. The summed E-state index contributed by atoms with van der Waals surface area (Å²) in [6.07, 6.45) is 0. The Morgan fingerprint density at radius 1 is 0.964 bits per heavy atom. The maximum atomic E-state index is 12.9. The maximum Gasteiger partial charge on any atom is 0.337 e. The Hall–Kier alpha value is -2.42. The SMILES string of the molecule is COC(=O)c1ccc(S(=O)(=O)N2CCN(C(=O)c3ccccc3)CC2)c(Cl)c1. The van der Waals surface area contributed by atoms with Gasteiger partial charge < -0.3 is 9.64 Å². The van der Waals surface area contributed by atoms with Crippen LogP contribution in [0, 0.1) is 0 Å². The zero-order chi connectivity index (χ0) is 20.3. The molecule has 7 nitrogen and oxygen atoms in total. The van der Waals surface area contributed by atoms with Gasteiger partial charge >= 0.3 is 5.97 Å². The number of sulfonamides is 1. The van der Waals surface area contributed by atoms with Gasteiger partial charge in [-0.25, -0.2) is 13.2 Å². The molecule has 0 saturated carbocycles. The van der Waals surface area contributed by atoms with Gasteiger partial charge in [-0.3, -0.25) is 4.79 Å². The number of methoxy groups -OCH3 is 1. The van der Waals surface area contributed by atoms with Crippen LogP contribution < -0.4 is 0 Å². The van der Waals surface area contributed by atoms with Gasteiger partial charge in [-0.15, -0.1) is 0 Å². The van der Waals surface area contributed by atoms with Crippen molar-refractivity contribution in [3.8, 4) is 0 Å². The zero-order valence-corrected chi connectivity index (χ0v) is 16.7. The molecule has 0 bridgehead atoms. The molecule has 3 rings (SSSR count). The number of esters is 1. The van der Waals surface area contributed by atoms with Crippen LogP contribution in [0.3, 0.4) is 0 Å². The monoisotopic (exact) mass is 422 g/mol. The van der Waals surface area contributed by atoms with Crippen molar-refractivity contribution < 1.29 is 22.7 Å². The highest BCUT2D eigenvalue weighted by Gasteiger charge is 2.32. The summed E-state index contributed by atoms with van der Waals surface area (Å²) in [5.74, 6) is -0.725. The van der Waals surface area contributed by atoms with Gasteiger partial charge in [-0.2, -0.15) is 4.31 Å². The molecular weight excluding hydrogens is 404 g/mol. The van der Waals surface area contributed by atoms with Crippen molar-refractivity contribution in [1.82, 2.24) is 9.21 Å². The van der Waals surface area contributed by atoms with Gasteiger partial charge in [0.25, 0.3) is 5.91 Å². The second-order valence-corrected chi connectivity index (χ2v) is 8.51. The minimum Gasteiger partial charge on any atom is -0.465 e. The summed E-state index contributed by atoms with van der Waals surface area (Å²) in [5, 5.41) is -0.0503. The molecule has 148 valence electrons. The Kier molecular flexibility index (Phi) is 6.02. The number of halogens is 1. The van der Waals surface area contributed by atoms with Crippen LogP contribution in [0.4, 0.5) is 0 Å². The minimum atomic E-state index is -3.84. The average Bonchev–Trinajstić information content (AvgIpc) is 2.73. The lowest BCUT2D eigenvalue weighted by Gasteiger charge is -2.34. The van der Waals surface area contributed by atoms with E-state index in [2.05, 4.69) is 4.74 Å². The molecule has 1 heterocycles. The van der Waals surface area contributed by atoms with E-state index in [-0.39, 0.29) is 47.6 Å². The number of rotatable bonds is 4.